The molecule has 3 heteroatoms. The molecular weight excluding hydrogens is 368 g/mol. The van der Waals surface area contributed by atoms with E-state index in [1.54, 1.807) is 0 Å². The molecular formula is C27H36N2O. The molecule has 0 fully saturated rings. The van der Waals surface area contributed by atoms with Crippen LogP contribution in [0.25, 0.3) is 11.3 Å². The molecule has 1 heterocycles. The summed E-state index contributed by atoms with van der Waals surface area (Å²) in [5, 5.41) is 0. The molecule has 0 amide bonds. The molecule has 0 saturated heterocycles. The molecule has 0 atom stereocenters. The average molecular weight is 405 g/mol. The van der Waals surface area contributed by atoms with E-state index in [2.05, 4.69) is 54.1 Å². The summed E-state index contributed by atoms with van der Waals surface area (Å²) in [6.07, 6.45) is 14.7. The van der Waals surface area contributed by atoms with Gasteiger partial charge in [0, 0.05) is 30.6 Å². The van der Waals surface area contributed by atoms with Crippen molar-refractivity contribution in [1.82, 2.24) is 9.88 Å². The van der Waals surface area contributed by atoms with E-state index >= 15 is 0 Å². The summed E-state index contributed by atoms with van der Waals surface area (Å²) >= 11 is 0. The predicted molar refractivity (Wildman–Crippen MR) is 126 cm³/mol. The number of aromatic nitrogens is 1. The van der Waals surface area contributed by atoms with Crippen LogP contribution in [0.3, 0.4) is 0 Å². The molecule has 30 heavy (non-hydrogen) atoms. The van der Waals surface area contributed by atoms with E-state index in [-0.39, 0.29) is 5.56 Å². The molecule has 0 aliphatic heterocycles. The second kappa shape index (κ2) is 9.78. The summed E-state index contributed by atoms with van der Waals surface area (Å²) in [6, 6.07) is 6.90. The van der Waals surface area contributed by atoms with Gasteiger partial charge in [-0.2, -0.15) is 0 Å². The second-order valence-corrected chi connectivity index (χ2v) is 8.97. The number of pyridine rings is 1. The average Bonchev–Trinajstić information content (AvgIpc) is 3.12. The Kier molecular flexibility index (Phi) is 6.89. The van der Waals surface area contributed by atoms with Crippen molar-refractivity contribution in [2.45, 2.75) is 78.2 Å². The maximum absolute atomic E-state index is 12.6. The normalized spacial score (nSPS) is 14.9. The van der Waals surface area contributed by atoms with E-state index in [4.69, 9.17) is 0 Å². The fourth-order valence-electron chi connectivity index (χ4n) is 5.16. The third-order valence-corrected chi connectivity index (χ3v) is 6.63. The van der Waals surface area contributed by atoms with Gasteiger partial charge >= 0.3 is 0 Å². The highest BCUT2D eigenvalue weighted by molar-refractivity contribution is 5.75. The lowest BCUT2D eigenvalue weighted by molar-refractivity contribution is 0.271. The predicted octanol–water partition coefficient (Wildman–Crippen LogP) is 5.78. The molecule has 1 aromatic heterocycles. The molecule has 2 aromatic rings. The van der Waals surface area contributed by atoms with Crippen LogP contribution in [0.5, 0.6) is 0 Å². The number of benzene rings is 1. The van der Waals surface area contributed by atoms with Crippen LogP contribution in [0.2, 0.25) is 0 Å². The highest BCUT2D eigenvalue weighted by Crippen LogP contribution is 2.39. The Morgan fingerprint density at radius 3 is 2.57 bits per heavy atom. The fourth-order valence-corrected chi connectivity index (χ4v) is 5.16. The summed E-state index contributed by atoms with van der Waals surface area (Å²) < 4.78 is 0. The minimum atomic E-state index is 0.144. The summed E-state index contributed by atoms with van der Waals surface area (Å²) in [5.74, 6) is 0. The molecule has 3 nitrogen and oxygen atoms in total. The van der Waals surface area contributed by atoms with Crippen LogP contribution in [0.1, 0.15) is 80.2 Å². The van der Waals surface area contributed by atoms with Crippen molar-refractivity contribution >= 4 is 0 Å². The van der Waals surface area contributed by atoms with Crippen molar-refractivity contribution in [3.8, 4) is 11.3 Å². The Labute approximate surface area is 181 Å². The minimum Gasteiger partial charge on any atom is -0.321 e. The number of allylic oxidation sites excluding steroid dienone is 1. The largest absolute Gasteiger partial charge is 0.321 e. The second-order valence-electron chi connectivity index (χ2n) is 8.97. The first-order chi connectivity index (χ1) is 14.7. The SMILES string of the molecule is CCCC=CCCN(CCC)Cc1ccc2c(c1)Cc1c-2[nH]c(=O)c2c1CCCC2. The molecule has 0 radical (unpaired) electrons. The summed E-state index contributed by atoms with van der Waals surface area (Å²) in [5.41, 5.74) is 9.05. The van der Waals surface area contributed by atoms with Crippen LogP contribution in [0.4, 0.5) is 0 Å². The van der Waals surface area contributed by atoms with Gasteiger partial charge < -0.3 is 4.98 Å². The maximum Gasteiger partial charge on any atom is 0.251 e. The Morgan fingerprint density at radius 1 is 0.967 bits per heavy atom. The van der Waals surface area contributed by atoms with Crippen LogP contribution < -0.4 is 5.56 Å². The number of fused-ring (bicyclic) bond motifs is 5. The molecule has 1 N–H and O–H groups in total. The number of unbranched alkanes of at least 4 members (excludes halogenated alkanes) is 1. The third kappa shape index (κ3) is 4.46. The molecule has 0 spiro atoms. The van der Waals surface area contributed by atoms with Crippen LogP contribution in [-0.2, 0) is 25.8 Å². The molecule has 0 unspecified atom stereocenters. The standard InChI is InChI=1S/C27H36N2O/c1-3-5-6-7-10-16-29(15-4-2)19-20-13-14-22-21(17-20)18-25-23-11-8-9-12-24(23)27(30)28-26(22)25/h6-7,13-14,17H,3-5,8-12,15-16,18-19H2,1-2H3,(H,28,30). The van der Waals surface area contributed by atoms with E-state index < -0.39 is 0 Å². The molecule has 2 aliphatic carbocycles. The molecule has 4 rings (SSSR count). The van der Waals surface area contributed by atoms with Gasteiger partial charge in [-0.25, -0.2) is 0 Å². The van der Waals surface area contributed by atoms with E-state index in [1.165, 1.54) is 53.5 Å². The highest BCUT2D eigenvalue weighted by atomic mass is 16.1. The van der Waals surface area contributed by atoms with E-state index in [9.17, 15) is 4.79 Å². The van der Waals surface area contributed by atoms with Crippen molar-refractivity contribution < 1.29 is 0 Å². The van der Waals surface area contributed by atoms with Crippen LogP contribution >= 0.6 is 0 Å². The number of hydrogen-bond donors (Lipinski definition) is 1. The minimum absolute atomic E-state index is 0.144. The first-order valence-electron chi connectivity index (χ1n) is 12.0. The van der Waals surface area contributed by atoms with Crippen LogP contribution in [-0.4, -0.2) is 23.0 Å². The lowest BCUT2D eigenvalue weighted by Gasteiger charge is -2.21. The zero-order valence-corrected chi connectivity index (χ0v) is 18.7. The van der Waals surface area contributed by atoms with Gasteiger partial charge in [0.2, 0.25) is 0 Å². The molecule has 0 bridgehead atoms. The monoisotopic (exact) mass is 404 g/mol. The quantitative estimate of drug-likeness (QED) is 0.459. The van der Waals surface area contributed by atoms with Crippen molar-refractivity contribution in [2.75, 3.05) is 13.1 Å². The van der Waals surface area contributed by atoms with Gasteiger partial charge in [-0.1, -0.05) is 50.6 Å². The zero-order chi connectivity index (χ0) is 20.9. The molecule has 1 aromatic carbocycles. The fraction of sp³-hybridized carbons (Fsp3) is 0.519. The van der Waals surface area contributed by atoms with Gasteiger partial charge in [0.1, 0.15) is 0 Å². The van der Waals surface area contributed by atoms with Gasteiger partial charge in [0.05, 0.1) is 5.69 Å². The molecule has 160 valence electrons. The van der Waals surface area contributed by atoms with E-state index in [0.29, 0.717) is 0 Å². The number of nitrogens with one attached hydrogen (secondary N) is 1. The van der Waals surface area contributed by atoms with Crippen molar-refractivity contribution in [3.05, 3.63) is 68.5 Å². The van der Waals surface area contributed by atoms with Gasteiger partial charge in [0.15, 0.2) is 0 Å². The van der Waals surface area contributed by atoms with Crippen molar-refractivity contribution in [3.63, 3.8) is 0 Å². The number of aromatic amines is 1. The third-order valence-electron chi connectivity index (χ3n) is 6.63. The number of hydrogen-bond acceptors (Lipinski definition) is 2. The summed E-state index contributed by atoms with van der Waals surface area (Å²) in [6.45, 7) is 7.75. The zero-order valence-electron chi connectivity index (χ0n) is 18.7. The van der Waals surface area contributed by atoms with Crippen molar-refractivity contribution in [2.24, 2.45) is 0 Å². The summed E-state index contributed by atoms with van der Waals surface area (Å²) in [7, 11) is 0. The topological polar surface area (TPSA) is 36.1 Å². The van der Waals surface area contributed by atoms with Gasteiger partial charge in [-0.3, -0.25) is 9.69 Å². The van der Waals surface area contributed by atoms with Gasteiger partial charge in [-0.05, 0) is 73.7 Å². The summed E-state index contributed by atoms with van der Waals surface area (Å²) in [4.78, 5) is 18.4. The first-order valence-corrected chi connectivity index (χ1v) is 12.0. The number of rotatable bonds is 9. The van der Waals surface area contributed by atoms with Crippen molar-refractivity contribution in [1.29, 1.82) is 0 Å². The van der Waals surface area contributed by atoms with Crippen LogP contribution in [0.15, 0.2) is 35.1 Å². The first kappa shape index (κ1) is 21.1. The van der Waals surface area contributed by atoms with E-state index in [0.717, 1.165) is 63.0 Å². The molecule has 2 aliphatic rings. The molecule has 0 saturated carbocycles. The van der Waals surface area contributed by atoms with E-state index in [1.807, 2.05) is 0 Å². The Balaban J connectivity index is 1.51. The smallest absolute Gasteiger partial charge is 0.251 e. The lowest BCUT2D eigenvalue weighted by Crippen LogP contribution is -2.25. The van der Waals surface area contributed by atoms with Gasteiger partial charge in [0.25, 0.3) is 5.56 Å². The van der Waals surface area contributed by atoms with Gasteiger partial charge in [-0.15, -0.1) is 0 Å². The Hall–Kier alpha value is -2.13. The van der Waals surface area contributed by atoms with Crippen LogP contribution in [0, 0.1) is 0 Å². The Bertz CT molecular complexity index is 970. The number of nitrogens with zero attached hydrogens (tertiary/aromatic N) is 1. The lowest BCUT2D eigenvalue weighted by atomic mass is 9.88. The number of H-pyrrole nitrogens is 1. The Morgan fingerprint density at radius 2 is 1.77 bits per heavy atom. The highest BCUT2D eigenvalue weighted by Gasteiger charge is 2.27. The maximum atomic E-state index is 12.6.